The van der Waals surface area contributed by atoms with Gasteiger partial charge in [0.25, 0.3) is 11.5 Å². The zero-order valence-corrected chi connectivity index (χ0v) is 18.0. The third kappa shape index (κ3) is 4.44. The minimum Gasteiger partial charge on any atom is -0.506 e. The molecular weight excluding hydrogens is 436 g/mol. The van der Waals surface area contributed by atoms with Gasteiger partial charge < -0.3 is 20.4 Å². The highest BCUT2D eigenvalue weighted by Gasteiger charge is 2.39. The third-order valence-corrected chi connectivity index (χ3v) is 5.48. The molecule has 9 nitrogen and oxygen atoms in total. The van der Waals surface area contributed by atoms with Crippen LogP contribution in [0.5, 0.6) is 5.75 Å². The van der Waals surface area contributed by atoms with Crippen molar-refractivity contribution in [1.29, 1.82) is 0 Å². The average molecular weight is 457 g/mol. The van der Waals surface area contributed by atoms with Gasteiger partial charge in [-0.05, 0) is 36.8 Å². The lowest BCUT2D eigenvalue weighted by Gasteiger charge is -2.44. The number of nitrogens with zero attached hydrogens (tertiary/aromatic N) is 3. The summed E-state index contributed by atoms with van der Waals surface area (Å²) in [6.07, 6.45) is 1.16. The van der Waals surface area contributed by atoms with Crippen molar-refractivity contribution in [2.24, 2.45) is 0 Å². The first-order valence-corrected chi connectivity index (χ1v) is 10.3. The maximum absolute atomic E-state index is 13.1. The van der Waals surface area contributed by atoms with Gasteiger partial charge in [0, 0.05) is 17.0 Å². The first-order valence-electron chi connectivity index (χ1n) is 9.88. The fourth-order valence-corrected chi connectivity index (χ4v) is 3.76. The predicted molar refractivity (Wildman–Crippen MR) is 117 cm³/mol. The Hall–Kier alpha value is -3.43. The Morgan fingerprint density at radius 3 is 2.56 bits per heavy atom. The van der Waals surface area contributed by atoms with Gasteiger partial charge in [0.05, 0.1) is 24.9 Å². The molecule has 10 heteroatoms. The number of aromatic nitrogens is 2. The molecular formula is C22H21ClN4O5. The van der Waals surface area contributed by atoms with Crippen LogP contribution in [0.25, 0.3) is 11.0 Å². The molecule has 1 aromatic carbocycles. The highest BCUT2D eigenvalue weighted by molar-refractivity contribution is 6.30. The Morgan fingerprint density at radius 2 is 1.91 bits per heavy atom. The molecule has 3 heterocycles. The lowest BCUT2D eigenvalue weighted by Crippen LogP contribution is -2.62. The minimum absolute atomic E-state index is 0.139. The van der Waals surface area contributed by atoms with Crippen LogP contribution in [0.15, 0.2) is 47.4 Å². The average Bonchev–Trinajstić information content (AvgIpc) is 2.73. The Kier molecular flexibility index (Phi) is 5.62. The number of nitrogens with one attached hydrogen (secondary N) is 1. The third-order valence-electron chi connectivity index (χ3n) is 5.23. The van der Waals surface area contributed by atoms with E-state index in [0.29, 0.717) is 10.4 Å². The predicted octanol–water partition coefficient (Wildman–Crippen LogP) is 1.28. The van der Waals surface area contributed by atoms with Crippen LogP contribution in [0.1, 0.15) is 22.8 Å². The van der Waals surface area contributed by atoms with E-state index in [-0.39, 0.29) is 49.0 Å². The van der Waals surface area contributed by atoms with Crippen molar-refractivity contribution in [1.82, 2.24) is 19.8 Å². The van der Waals surface area contributed by atoms with E-state index in [2.05, 4.69) is 10.3 Å². The van der Waals surface area contributed by atoms with Crippen LogP contribution < -0.4 is 10.9 Å². The van der Waals surface area contributed by atoms with E-state index < -0.39 is 17.1 Å². The van der Waals surface area contributed by atoms with E-state index in [1.54, 1.807) is 31.2 Å². The molecule has 1 saturated heterocycles. The summed E-state index contributed by atoms with van der Waals surface area (Å²) in [5.41, 5.74) is -0.839. The van der Waals surface area contributed by atoms with Crippen LogP contribution in [-0.4, -0.2) is 55.2 Å². The van der Waals surface area contributed by atoms with Crippen molar-refractivity contribution in [2.75, 3.05) is 13.1 Å². The number of amides is 2. The maximum Gasteiger partial charge on any atom is 0.265 e. The van der Waals surface area contributed by atoms with Crippen LogP contribution in [0, 0.1) is 0 Å². The normalized spacial score (nSPS) is 14.8. The molecule has 0 aliphatic carbocycles. The highest BCUT2D eigenvalue weighted by atomic mass is 35.5. The number of likely N-dealkylation sites (tertiary alicyclic amines) is 1. The van der Waals surface area contributed by atoms with E-state index in [1.165, 1.54) is 17.0 Å². The fraction of sp³-hybridized carbons (Fsp3) is 0.273. The molecule has 1 aliphatic rings. The number of aromatic hydroxyl groups is 1. The fourth-order valence-electron chi connectivity index (χ4n) is 3.63. The molecule has 0 saturated carbocycles. The molecule has 2 aromatic heterocycles. The van der Waals surface area contributed by atoms with Crippen LogP contribution in [-0.2, 0) is 17.9 Å². The Bertz CT molecular complexity index is 1260. The molecule has 1 aliphatic heterocycles. The topological polar surface area (TPSA) is 125 Å². The van der Waals surface area contributed by atoms with Crippen molar-refractivity contribution in [2.45, 2.75) is 25.6 Å². The van der Waals surface area contributed by atoms with Crippen molar-refractivity contribution in [3.05, 3.63) is 69.1 Å². The number of β-amino-alcohol motifs (C(OH)–C–C–N with tert-alkyl or cyclic N) is 1. The molecule has 0 radical (unpaired) electrons. The van der Waals surface area contributed by atoms with Gasteiger partial charge in [0.15, 0.2) is 0 Å². The van der Waals surface area contributed by atoms with Crippen molar-refractivity contribution in [3.63, 3.8) is 0 Å². The number of aliphatic hydroxyl groups is 1. The number of hydrogen-bond donors (Lipinski definition) is 3. The SMILES string of the molecule is CC1(O)CN(C(=O)Cn2c(=O)c(C(=O)NCc3ccc(Cl)cc3)cc3cc(O)cnc32)C1. The molecule has 0 atom stereocenters. The molecule has 0 unspecified atom stereocenters. The molecule has 4 rings (SSSR count). The van der Waals surface area contributed by atoms with Crippen molar-refractivity contribution in [3.8, 4) is 5.75 Å². The van der Waals surface area contributed by atoms with Gasteiger partial charge in [-0.3, -0.25) is 19.0 Å². The number of halogens is 1. The lowest BCUT2D eigenvalue weighted by atomic mass is 9.97. The summed E-state index contributed by atoms with van der Waals surface area (Å²) in [5.74, 6) is -1.14. The second-order valence-electron chi connectivity index (χ2n) is 8.11. The Balaban J connectivity index is 1.64. The summed E-state index contributed by atoms with van der Waals surface area (Å²) in [5, 5.41) is 23.3. The second-order valence-corrected chi connectivity index (χ2v) is 8.55. The zero-order valence-electron chi connectivity index (χ0n) is 17.2. The Morgan fingerprint density at radius 1 is 1.22 bits per heavy atom. The van der Waals surface area contributed by atoms with Gasteiger partial charge in [0.1, 0.15) is 23.5 Å². The molecule has 32 heavy (non-hydrogen) atoms. The molecule has 0 bridgehead atoms. The summed E-state index contributed by atoms with van der Waals surface area (Å²) in [4.78, 5) is 44.0. The van der Waals surface area contributed by atoms with E-state index in [9.17, 15) is 24.6 Å². The minimum atomic E-state index is -0.948. The molecule has 3 aromatic rings. The van der Waals surface area contributed by atoms with E-state index in [0.717, 1.165) is 16.3 Å². The van der Waals surface area contributed by atoms with Gasteiger partial charge in [0.2, 0.25) is 5.91 Å². The molecule has 1 fully saturated rings. The van der Waals surface area contributed by atoms with Crippen molar-refractivity contribution < 1.29 is 19.8 Å². The summed E-state index contributed by atoms with van der Waals surface area (Å²) in [6.45, 7) is 1.77. The first-order chi connectivity index (χ1) is 15.1. The first kappa shape index (κ1) is 21.8. The van der Waals surface area contributed by atoms with Crippen LogP contribution >= 0.6 is 11.6 Å². The number of hydrogen-bond acceptors (Lipinski definition) is 6. The van der Waals surface area contributed by atoms with E-state index >= 15 is 0 Å². The maximum atomic E-state index is 13.1. The number of benzene rings is 1. The van der Waals surface area contributed by atoms with E-state index in [4.69, 9.17) is 11.6 Å². The monoisotopic (exact) mass is 456 g/mol. The van der Waals surface area contributed by atoms with Gasteiger partial charge in [-0.2, -0.15) is 0 Å². The number of fused-ring (bicyclic) bond motifs is 1. The van der Waals surface area contributed by atoms with Crippen LogP contribution in [0.4, 0.5) is 0 Å². The summed E-state index contributed by atoms with van der Waals surface area (Å²) in [6, 6.07) is 9.61. The molecule has 166 valence electrons. The van der Waals surface area contributed by atoms with Crippen LogP contribution in [0.3, 0.4) is 0 Å². The van der Waals surface area contributed by atoms with Crippen LogP contribution in [0.2, 0.25) is 5.02 Å². The molecule has 0 spiro atoms. The summed E-state index contributed by atoms with van der Waals surface area (Å²) >= 11 is 5.87. The van der Waals surface area contributed by atoms with Gasteiger partial charge in [-0.25, -0.2) is 4.98 Å². The summed E-state index contributed by atoms with van der Waals surface area (Å²) < 4.78 is 1.11. The quantitative estimate of drug-likeness (QED) is 0.531. The molecule has 2 amide bonds. The largest absolute Gasteiger partial charge is 0.506 e. The Labute approximate surface area is 187 Å². The van der Waals surface area contributed by atoms with Crippen molar-refractivity contribution >= 4 is 34.4 Å². The smallest absolute Gasteiger partial charge is 0.265 e. The number of pyridine rings is 2. The number of carbonyl (C=O) groups excluding carboxylic acids is 2. The zero-order chi connectivity index (χ0) is 23.0. The highest BCUT2D eigenvalue weighted by Crippen LogP contribution is 2.21. The van der Waals surface area contributed by atoms with Gasteiger partial charge in [-0.15, -0.1) is 0 Å². The van der Waals surface area contributed by atoms with Gasteiger partial charge >= 0.3 is 0 Å². The summed E-state index contributed by atoms with van der Waals surface area (Å²) in [7, 11) is 0. The standard InChI is InChI=1S/C22H21ClN4O5/c1-22(32)11-26(12-22)18(29)10-27-19-14(6-16(28)9-24-19)7-17(21(27)31)20(30)25-8-13-2-4-15(23)5-3-13/h2-7,9,28,32H,8,10-12H2,1H3,(H,25,30). The lowest BCUT2D eigenvalue weighted by molar-refractivity contribution is -0.152. The number of rotatable bonds is 5. The van der Waals surface area contributed by atoms with E-state index in [1.807, 2.05) is 0 Å². The molecule has 3 N–H and O–H groups in total. The van der Waals surface area contributed by atoms with Gasteiger partial charge in [-0.1, -0.05) is 23.7 Å². The second kappa shape index (κ2) is 8.25. The number of carbonyl (C=O) groups is 2.